The molecule has 6 nitrogen and oxygen atoms in total. The standard InChI is InChI=1S/C15H22N4O2/c20-15(11-8-16-9-17-11)18-12-10-4-7-21-14(10)13(12)19-5-2-1-3-6-19/h8-10,12-14H,1-7H2,(H,16,17)(H,18,20)/t10-,12+,13-,14-/m1/s1. The molecule has 1 saturated carbocycles. The van der Waals surface area contributed by atoms with Crippen molar-refractivity contribution in [3.63, 3.8) is 0 Å². The van der Waals surface area contributed by atoms with Gasteiger partial charge in [0.2, 0.25) is 0 Å². The van der Waals surface area contributed by atoms with Crippen molar-refractivity contribution in [2.75, 3.05) is 19.7 Å². The van der Waals surface area contributed by atoms with E-state index >= 15 is 0 Å². The molecule has 1 aliphatic carbocycles. The lowest BCUT2D eigenvalue weighted by Crippen LogP contribution is -2.71. The van der Waals surface area contributed by atoms with E-state index in [4.69, 9.17) is 4.74 Å². The lowest BCUT2D eigenvalue weighted by Gasteiger charge is -2.53. The van der Waals surface area contributed by atoms with E-state index in [0.29, 0.717) is 23.8 Å². The summed E-state index contributed by atoms with van der Waals surface area (Å²) in [6, 6.07) is 0.566. The van der Waals surface area contributed by atoms with Crippen LogP contribution in [0, 0.1) is 5.92 Å². The molecule has 3 fully saturated rings. The first-order valence-corrected chi connectivity index (χ1v) is 7.99. The van der Waals surface area contributed by atoms with Gasteiger partial charge in [0.15, 0.2) is 0 Å². The molecule has 4 atom stereocenters. The van der Waals surface area contributed by atoms with Gasteiger partial charge >= 0.3 is 0 Å². The SMILES string of the molecule is O=C(N[C@H]1[C@H]2CCO[C@H]2[C@@H]1N1CCCCC1)c1cnc[nH]1. The Kier molecular flexibility index (Phi) is 3.43. The van der Waals surface area contributed by atoms with Gasteiger partial charge in [0, 0.05) is 12.5 Å². The summed E-state index contributed by atoms with van der Waals surface area (Å²) in [5.74, 6) is 0.425. The second-order valence-electron chi connectivity index (χ2n) is 6.34. The summed E-state index contributed by atoms with van der Waals surface area (Å²) in [4.78, 5) is 21.6. The minimum absolute atomic E-state index is 0.0511. The number of nitrogens with zero attached hydrogens (tertiary/aromatic N) is 2. The van der Waals surface area contributed by atoms with Crippen molar-refractivity contribution in [3.8, 4) is 0 Å². The van der Waals surface area contributed by atoms with Crippen LogP contribution in [0.4, 0.5) is 0 Å². The van der Waals surface area contributed by atoms with E-state index < -0.39 is 0 Å². The molecule has 0 radical (unpaired) electrons. The minimum atomic E-state index is -0.0511. The lowest BCUT2D eigenvalue weighted by molar-refractivity contribution is -0.0862. The fourth-order valence-electron chi connectivity index (χ4n) is 4.13. The second kappa shape index (κ2) is 5.42. The number of carbonyl (C=O) groups excluding carboxylic acids is 1. The topological polar surface area (TPSA) is 70.2 Å². The molecule has 2 saturated heterocycles. The van der Waals surface area contributed by atoms with Crippen molar-refractivity contribution in [2.24, 2.45) is 5.92 Å². The fraction of sp³-hybridized carbons (Fsp3) is 0.733. The highest BCUT2D eigenvalue weighted by atomic mass is 16.5. The molecule has 3 heterocycles. The Morgan fingerprint density at radius 2 is 2.24 bits per heavy atom. The van der Waals surface area contributed by atoms with Crippen molar-refractivity contribution < 1.29 is 9.53 Å². The average molecular weight is 290 g/mol. The molecule has 4 rings (SSSR count). The van der Waals surface area contributed by atoms with Gasteiger partial charge in [0.25, 0.3) is 5.91 Å². The quantitative estimate of drug-likeness (QED) is 0.863. The van der Waals surface area contributed by atoms with Crippen LogP contribution in [0.1, 0.15) is 36.2 Å². The first kappa shape index (κ1) is 13.3. The van der Waals surface area contributed by atoms with E-state index in [1.807, 2.05) is 0 Å². The average Bonchev–Trinajstić information content (AvgIpc) is 3.16. The Morgan fingerprint density at radius 3 is 3.00 bits per heavy atom. The van der Waals surface area contributed by atoms with Crippen LogP contribution in [0.5, 0.6) is 0 Å². The van der Waals surface area contributed by atoms with Crippen LogP contribution in [0.3, 0.4) is 0 Å². The van der Waals surface area contributed by atoms with Crippen LogP contribution in [-0.4, -0.2) is 58.7 Å². The van der Waals surface area contributed by atoms with Gasteiger partial charge in [0.05, 0.1) is 30.7 Å². The number of aromatic nitrogens is 2. The van der Waals surface area contributed by atoms with E-state index in [2.05, 4.69) is 20.2 Å². The molecule has 0 spiro atoms. The number of H-pyrrole nitrogens is 1. The number of amides is 1. The molecule has 114 valence electrons. The van der Waals surface area contributed by atoms with E-state index in [9.17, 15) is 4.79 Å². The summed E-state index contributed by atoms with van der Waals surface area (Å²) in [6.07, 6.45) is 8.33. The number of rotatable bonds is 3. The molecule has 2 aliphatic heterocycles. The molecule has 1 aromatic rings. The van der Waals surface area contributed by atoms with Crippen molar-refractivity contribution >= 4 is 5.91 Å². The lowest BCUT2D eigenvalue weighted by atomic mass is 9.70. The van der Waals surface area contributed by atoms with Crippen molar-refractivity contribution in [3.05, 3.63) is 18.2 Å². The number of likely N-dealkylation sites (tertiary alicyclic amines) is 1. The Labute approximate surface area is 124 Å². The first-order valence-electron chi connectivity index (χ1n) is 7.99. The van der Waals surface area contributed by atoms with Crippen molar-refractivity contribution in [2.45, 2.75) is 43.9 Å². The highest BCUT2D eigenvalue weighted by Crippen LogP contribution is 2.42. The third-order valence-corrected chi connectivity index (χ3v) is 5.20. The number of fused-ring (bicyclic) bond motifs is 1. The predicted octanol–water partition coefficient (Wildman–Crippen LogP) is 0.781. The van der Waals surface area contributed by atoms with Gasteiger partial charge in [-0.15, -0.1) is 0 Å². The van der Waals surface area contributed by atoms with Crippen LogP contribution < -0.4 is 5.32 Å². The predicted molar refractivity (Wildman–Crippen MR) is 76.9 cm³/mol. The number of piperidine rings is 1. The Bertz CT molecular complexity index is 498. The number of ether oxygens (including phenoxy) is 1. The number of nitrogens with one attached hydrogen (secondary N) is 2. The summed E-state index contributed by atoms with van der Waals surface area (Å²) in [7, 11) is 0. The molecule has 21 heavy (non-hydrogen) atoms. The summed E-state index contributed by atoms with van der Waals surface area (Å²) >= 11 is 0. The monoisotopic (exact) mass is 290 g/mol. The Morgan fingerprint density at radius 1 is 1.38 bits per heavy atom. The first-order chi connectivity index (χ1) is 10.3. The maximum absolute atomic E-state index is 12.3. The van der Waals surface area contributed by atoms with E-state index in [1.54, 1.807) is 12.5 Å². The van der Waals surface area contributed by atoms with Crippen LogP contribution in [0.15, 0.2) is 12.5 Å². The fourth-order valence-corrected chi connectivity index (χ4v) is 4.13. The summed E-state index contributed by atoms with van der Waals surface area (Å²) < 4.78 is 5.91. The second-order valence-corrected chi connectivity index (χ2v) is 6.34. The smallest absolute Gasteiger partial charge is 0.269 e. The van der Waals surface area contributed by atoms with Crippen LogP contribution >= 0.6 is 0 Å². The molecule has 0 unspecified atom stereocenters. The molecule has 0 aromatic carbocycles. The Balaban J connectivity index is 1.47. The van der Waals surface area contributed by atoms with Gasteiger partial charge in [-0.05, 0) is 32.4 Å². The summed E-state index contributed by atoms with van der Waals surface area (Å²) in [6.45, 7) is 3.09. The van der Waals surface area contributed by atoms with E-state index in [-0.39, 0.29) is 11.9 Å². The van der Waals surface area contributed by atoms with Crippen LogP contribution in [0.25, 0.3) is 0 Å². The van der Waals surface area contributed by atoms with Gasteiger partial charge < -0.3 is 15.0 Å². The highest BCUT2D eigenvalue weighted by molar-refractivity contribution is 5.92. The van der Waals surface area contributed by atoms with E-state index in [0.717, 1.165) is 26.1 Å². The summed E-state index contributed by atoms with van der Waals surface area (Å²) in [5.41, 5.74) is 0.537. The van der Waals surface area contributed by atoms with Gasteiger partial charge in [-0.2, -0.15) is 0 Å². The third-order valence-electron chi connectivity index (χ3n) is 5.20. The maximum atomic E-state index is 12.3. The molecular weight excluding hydrogens is 268 g/mol. The van der Waals surface area contributed by atoms with Crippen LogP contribution in [-0.2, 0) is 4.74 Å². The molecule has 1 amide bonds. The van der Waals surface area contributed by atoms with Crippen LogP contribution in [0.2, 0.25) is 0 Å². The zero-order valence-electron chi connectivity index (χ0n) is 12.1. The highest BCUT2D eigenvalue weighted by Gasteiger charge is 2.56. The van der Waals surface area contributed by atoms with Crippen molar-refractivity contribution in [1.82, 2.24) is 20.2 Å². The number of hydrogen-bond acceptors (Lipinski definition) is 4. The van der Waals surface area contributed by atoms with Gasteiger partial charge in [-0.3, -0.25) is 9.69 Å². The van der Waals surface area contributed by atoms with Gasteiger partial charge in [-0.1, -0.05) is 6.42 Å². The number of hydrogen-bond donors (Lipinski definition) is 2. The summed E-state index contributed by atoms with van der Waals surface area (Å²) in [5, 5.41) is 3.21. The number of carbonyl (C=O) groups is 1. The maximum Gasteiger partial charge on any atom is 0.269 e. The third kappa shape index (κ3) is 2.26. The van der Waals surface area contributed by atoms with E-state index in [1.165, 1.54) is 19.3 Å². The molecule has 6 heteroatoms. The van der Waals surface area contributed by atoms with Gasteiger partial charge in [-0.25, -0.2) is 4.98 Å². The molecule has 1 aromatic heterocycles. The number of imidazole rings is 1. The van der Waals surface area contributed by atoms with Crippen molar-refractivity contribution in [1.29, 1.82) is 0 Å². The zero-order chi connectivity index (χ0) is 14.2. The van der Waals surface area contributed by atoms with Gasteiger partial charge in [0.1, 0.15) is 5.69 Å². The normalized spacial score (nSPS) is 36.0. The minimum Gasteiger partial charge on any atom is -0.376 e. The molecule has 3 aliphatic rings. The zero-order valence-corrected chi connectivity index (χ0v) is 12.1. The molecule has 0 bridgehead atoms. The number of aromatic amines is 1. The Hall–Kier alpha value is -1.40. The molecule has 2 N–H and O–H groups in total. The largest absolute Gasteiger partial charge is 0.376 e. The molecular formula is C15H22N4O2.